The molecule has 1 aliphatic heterocycles. The Balaban J connectivity index is 1.58. The topological polar surface area (TPSA) is 110 Å². The molecule has 11 heteroatoms. The maximum atomic E-state index is 12.7. The molecule has 0 bridgehead atoms. The van der Waals surface area contributed by atoms with E-state index in [1.165, 1.54) is 19.2 Å². The zero-order chi connectivity index (χ0) is 21.6. The minimum Gasteiger partial charge on any atom is -0.497 e. The Labute approximate surface area is 183 Å². The predicted octanol–water partition coefficient (Wildman–Crippen LogP) is 1.40. The molecule has 2 aromatic rings. The number of rotatable bonds is 8. The Kier molecular flexibility index (Phi) is 7.64. The van der Waals surface area contributed by atoms with Crippen LogP contribution in [0.2, 0.25) is 0 Å². The predicted molar refractivity (Wildman–Crippen MR) is 115 cm³/mol. The van der Waals surface area contributed by atoms with E-state index < -0.39 is 10.0 Å². The summed E-state index contributed by atoms with van der Waals surface area (Å²) in [5, 5.41) is 2.74. The molecule has 0 unspecified atom stereocenters. The molecule has 2 heterocycles. The fourth-order valence-corrected chi connectivity index (χ4v) is 4.28. The largest absolute Gasteiger partial charge is 0.497 e. The Morgan fingerprint density at radius 3 is 2.60 bits per heavy atom. The van der Waals surface area contributed by atoms with E-state index in [0.29, 0.717) is 47.9 Å². The molecule has 0 radical (unpaired) electrons. The quantitative estimate of drug-likeness (QED) is 0.529. The van der Waals surface area contributed by atoms with Crippen LogP contribution in [0.5, 0.6) is 5.75 Å². The van der Waals surface area contributed by atoms with Crippen LogP contribution in [-0.4, -0.2) is 65.8 Å². The molecule has 3 rings (SSSR count). The van der Waals surface area contributed by atoms with E-state index in [9.17, 15) is 13.2 Å². The summed E-state index contributed by atoms with van der Waals surface area (Å²) in [5.74, 6) is 0.826. The highest BCUT2D eigenvalue weighted by Crippen LogP contribution is 2.22. The summed E-state index contributed by atoms with van der Waals surface area (Å²) in [6.45, 7) is 2.63. The number of hydrogen-bond donors (Lipinski definition) is 2. The Bertz CT molecular complexity index is 979. The molecule has 0 saturated carbocycles. The summed E-state index contributed by atoms with van der Waals surface area (Å²) in [5.41, 5.74) is 0.421. The van der Waals surface area contributed by atoms with Crippen molar-refractivity contribution in [3.05, 3.63) is 46.6 Å². The third-order valence-electron chi connectivity index (χ3n) is 4.46. The molecule has 1 fully saturated rings. The SMILES string of the molecule is COc1ccc(S(=O)(=O)NCCNC(=O)c2cc(Br)cnc2N2CCOCC2)cc1. The molecule has 162 valence electrons. The summed E-state index contributed by atoms with van der Waals surface area (Å²) in [4.78, 5) is 19.2. The van der Waals surface area contributed by atoms with Crippen LogP contribution >= 0.6 is 15.9 Å². The first kappa shape index (κ1) is 22.5. The lowest BCUT2D eigenvalue weighted by Gasteiger charge is -2.29. The molecule has 1 amide bonds. The fraction of sp³-hybridized carbons (Fsp3) is 0.368. The van der Waals surface area contributed by atoms with Gasteiger partial charge in [-0.3, -0.25) is 4.79 Å². The van der Waals surface area contributed by atoms with Crippen molar-refractivity contribution in [1.29, 1.82) is 0 Å². The van der Waals surface area contributed by atoms with E-state index in [1.807, 2.05) is 4.90 Å². The Morgan fingerprint density at radius 1 is 1.23 bits per heavy atom. The first-order valence-corrected chi connectivity index (χ1v) is 11.6. The summed E-state index contributed by atoms with van der Waals surface area (Å²) < 4.78 is 38.2. The maximum absolute atomic E-state index is 12.7. The van der Waals surface area contributed by atoms with Crippen molar-refractivity contribution in [2.45, 2.75) is 4.90 Å². The van der Waals surface area contributed by atoms with Crippen LogP contribution in [0.3, 0.4) is 0 Å². The standard InChI is InChI=1S/C19H23BrN4O5S/c1-28-15-2-4-16(5-3-15)30(26,27)23-7-6-21-19(25)17-12-14(20)13-22-18(17)24-8-10-29-11-9-24/h2-5,12-13,23H,6-11H2,1H3,(H,21,25). The van der Waals surface area contributed by atoms with Gasteiger partial charge >= 0.3 is 0 Å². The average molecular weight is 499 g/mol. The van der Waals surface area contributed by atoms with Gasteiger partial charge in [-0.05, 0) is 46.3 Å². The number of carbonyl (C=O) groups excluding carboxylic acids is 1. The number of nitrogens with one attached hydrogen (secondary N) is 2. The minimum atomic E-state index is -3.68. The summed E-state index contributed by atoms with van der Waals surface area (Å²) in [7, 11) is -2.17. The van der Waals surface area contributed by atoms with Gasteiger partial charge in [-0.25, -0.2) is 18.1 Å². The third-order valence-corrected chi connectivity index (χ3v) is 6.37. The minimum absolute atomic E-state index is 0.0500. The third kappa shape index (κ3) is 5.69. The van der Waals surface area contributed by atoms with Crippen LogP contribution in [0.1, 0.15) is 10.4 Å². The van der Waals surface area contributed by atoms with Gasteiger partial charge in [-0.2, -0.15) is 0 Å². The number of methoxy groups -OCH3 is 1. The van der Waals surface area contributed by atoms with E-state index in [4.69, 9.17) is 9.47 Å². The van der Waals surface area contributed by atoms with Gasteiger partial charge in [0.2, 0.25) is 10.0 Å². The van der Waals surface area contributed by atoms with Gasteiger partial charge in [0.05, 0.1) is 30.8 Å². The number of nitrogens with zero attached hydrogens (tertiary/aromatic N) is 2. The van der Waals surface area contributed by atoms with Gasteiger partial charge in [0.15, 0.2) is 0 Å². The van der Waals surface area contributed by atoms with Gasteiger partial charge in [-0.1, -0.05) is 0 Å². The highest BCUT2D eigenvalue weighted by Gasteiger charge is 2.21. The molecule has 30 heavy (non-hydrogen) atoms. The second-order valence-electron chi connectivity index (χ2n) is 6.45. The van der Waals surface area contributed by atoms with Crippen molar-refractivity contribution in [1.82, 2.24) is 15.0 Å². The van der Waals surface area contributed by atoms with Crippen LogP contribution in [0.25, 0.3) is 0 Å². The fourth-order valence-electron chi connectivity index (χ4n) is 2.92. The van der Waals surface area contributed by atoms with Crippen molar-refractivity contribution in [2.75, 3.05) is 51.4 Å². The first-order valence-electron chi connectivity index (χ1n) is 9.31. The lowest BCUT2D eigenvalue weighted by molar-refractivity contribution is 0.0952. The summed E-state index contributed by atoms with van der Waals surface area (Å²) >= 11 is 3.35. The number of benzene rings is 1. The van der Waals surface area contributed by atoms with Crippen molar-refractivity contribution in [3.8, 4) is 5.75 Å². The molecule has 2 N–H and O–H groups in total. The number of morpholine rings is 1. The number of ether oxygens (including phenoxy) is 2. The van der Waals surface area contributed by atoms with Gasteiger partial charge in [0.1, 0.15) is 11.6 Å². The highest BCUT2D eigenvalue weighted by atomic mass is 79.9. The lowest BCUT2D eigenvalue weighted by Crippen LogP contribution is -2.39. The lowest BCUT2D eigenvalue weighted by atomic mass is 10.2. The number of amides is 1. The number of sulfonamides is 1. The summed E-state index contributed by atoms with van der Waals surface area (Å²) in [6, 6.07) is 7.77. The molecule has 1 aromatic carbocycles. The van der Waals surface area contributed by atoms with E-state index in [-0.39, 0.29) is 23.9 Å². The second-order valence-corrected chi connectivity index (χ2v) is 9.14. The monoisotopic (exact) mass is 498 g/mol. The summed E-state index contributed by atoms with van der Waals surface area (Å²) in [6.07, 6.45) is 1.64. The maximum Gasteiger partial charge on any atom is 0.255 e. The smallest absolute Gasteiger partial charge is 0.255 e. The number of carbonyl (C=O) groups is 1. The van der Waals surface area contributed by atoms with Crippen LogP contribution in [0.15, 0.2) is 45.9 Å². The number of aromatic nitrogens is 1. The van der Waals surface area contributed by atoms with Crippen LogP contribution < -0.4 is 19.7 Å². The number of pyridine rings is 1. The van der Waals surface area contributed by atoms with Crippen LogP contribution in [0, 0.1) is 0 Å². The van der Waals surface area contributed by atoms with Gasteiger partial charge in [0, 0.05) is 36.8 Å². The molecule has 9 nitrogen and oxygen atoms in total. The Hall–Kier alpha value is -2.21. The van der Waals surface area contributed by atoms with E-state index in [1.54, 1.807) is 24.4 Å². The van der Waals surface area contributed by atoms with Crippen molar-refractivity contribution < 1.29 is 22.7 Å². The molecule has 1 aromatic heterocycles. The van der Waals surface area contributed by atoms with Gasteiger partial charge < -0.3 is 19.7 Å². The molecule has 0 spiro atoms. The van der Waals surface area contributed by atoms with E-state index in [0.717, 1.165) is 0 Å². The molecule has 1 aliphatic rings. The van der Waals surface area contributed by atoms with Crippen molar-refractivity contribution in [3.63, 3.8) is 0 Å². The van der Waals surface area contributed by atoms with Crippen molar-refractivity contribution in [2.24, 2.45) is 0 Å². The van der Waals surface area contributed by atoms with Gasteiger partial charge in [-0.15, -0.1) is 0 Å². The first-order chi connectivity index (χ1) is 14.4. The zero-order valence-corrected chi connectivity index (χ0v) is 18.8. The van der Waals surface area contributed by atoms with Gasteiger partial charge in [0.25, 0.3) is 5.91 Å². The van der Waals surface area contributed by atoms with E-state index in [2.05, 4.69) is 31.0 Å². The van der Waals surface area contributed by atoms with E-state index >= 15 is 0 Å². The molecule has 1 saturated heterocycles. The van der Waals surface area contributed by atoms with Crippen LogP contribution in [-0.2, 0) is 14.8 Å². The number of halogens is 1. The normalized spacial score (nSPS) is 14.4. The molecular weight excluding hydrogens is 476 g/mol. The molecule has 0 aliphatic carbocycles. The Morgan fingerprint density at radius 2 is 1.93 bits per heavy atom. The average Bonchev–Trinajstić information content (AvgIpc) is 2.77. The highest BCUT2D eigenvalue weighted by molar-refractivity contribution is 9.10. The molecule has 0 atom stereocenters. The van der Waals surface area contributed by atoms with Crippen LogP contribution in [0.4, 0.5) is 5.82 Å². The number of hydrogen-bond acceptors (Lipinski definition) is 7. The number of anilines is 1. The zero-order valence-electron chi connectivity index (χ0n) is 16.4. The van der Waals surface area contributed by atoms with Crippen molar-refractivity contribution >= 4 is 37.7 Å². The molecular formula is C19H23BrN4O5S. The second kappa shape index (κ2) is 10.2.